The number of carbonyl (C=O) groups excluding carboxylic acids is 3. The summed E-state index contributed by atoms with van der Waals surface area (Å²) in [6.45, 7) is 8.60. The Bertz CT molecular complexity index is 1540. The quantitative estimate of drug-likeness (QED) is 0.444. The minimum Gasteiger partial charge on any atom is -0.394 e. The molecular formula is C34H41N3O6. The minimum atomic E-state index is -1.14. The molecule has 9 heteroatoms. The maximum absolute atomic E-state index is 14.1. The molecule has 3 N–H and O–H groups in total. The fraction of sp³-hybridized carbons (Fsp3) is 0.559. The van der Waals surface area contributed by atoms with Gasteiger partial charge in [0, 0.05) is 13.1 Å². The van der Waals surface area contributed by atoms with E-state index in [0.29, 0.717) is 40.7 Å². The van der Waals surface area contributed by atoms with Gasteiger partial charge in [-0.1, -0.05) is 45.0 Å². The maximum Gasteiger partial charge on any atom is 0.261 e. The first-order valence-corrected chi connectivity index (χ1v) is 15.4. The Balaban J connectivity index is 1.15. The van der Waals surface area contributed by atoms with Gasteiger partial charge in [-0.05, 0) is 84.2 Å². The summed E-state index contributed by atoms with van der Waals surface area (Å²) in [5, 5.41) is 26.5. The topological polar surface area (TPSA) is 119 Å². The van der Waals surface area contributed by atoms with E-state index in [1.54, 1.807) is 24.1 Å². The van der Waals surface area contributed by atoms with E-state index in [4.69, 9.17) is 4.84 Å². The molecule has 6 aliphatic rings. The lowest BCUT2D eigenvalue weighted by Gasteiger charge is -2.62. The number of imide groups is 1. The van der Waals surface area contributed by atoms with Gasteiger partial charge in [-0.3, -0.25) is 24.1 Å². The van der Waals surface area contributed by atoms with Crippen LogP contribution in [0.2, 0.25) is 0 Å². The molecule has 5 fully saturated rings. The molecule has 8 rings (SSSR count). The Kier molecular flexibility index (Phi) is 6.29. The van der Waals surface area contributed by atoms with Crippen molar-refractivity contribution in [2.24, 2.45) is 28.6 Å². The first kappa shape index (κ1) is 28.6. The number of carbonyl (C=O) groups is 3. The number of benzene rings is 2. The van der Waals surface area contributed by atoms with E-state index < -0.39 is 23.2 Å². The van der Waals surface area contributed by atoms with Gasteiger partial charge in [0.1, 0.15) is 12.1 Å². The van der Waals surface area contributed by atoms with Crippen molar-refractivity contribution in [2.75, 3.05) is 13.7 Å². The Labute approximate surface area is 252 Å². The van der Waals surface area contributed by atoms with Gasteiger partial charge < -0.3 is 15.5 Å². The number of amides is 3. The predicted octanol–water partition coefficient (Wildman–Crippen LogP) is 3.38. The van der Waals surface area contributed by atoms with Gasteiger partial charge >= 0.3 is 0 Å². The number of hydroxylamine groups is 2. The lowest BCUT2D eigenvalue weighted by Crippen LogP contribution is -2.62. The zero-order valence-electron chi connectivity index (χ0n) is 25.5. The molecule has 43 heavy (non-hydrogen) atoms. The van der Waals surface area contributed by atoms with Gasteiger partial charge in [0.15, 0.2) is 0 Å². The van der Waals surface area contributed by atoms with Crippen molar-refractivity contribution >= 4 is 17.7 Å². The van der Waals surface area contributed by atoms with E-state index in [-0.39, 0.29) is 36.9 Å². The van der Waals surface area contributed by atoms with Crippen LogP contribution in [0.1, 0.15) is 73.2 Å². The van der Waals surface area contributed by atoms with E-state index in [1.165, 1.54) is 13.5 Å². The Morgan fingerprint density at radius 2 is 1.74 bits per heavy atom. The summed E-state index contributed by atoms with van der Waals surface area (Å²) in [4.78, 5) is 46.5. The molecule has 8 atom stereocenters. The molecule has 1 saturated heterocycles. The van der Waals surface area contributed by atoms with Crippen molar-refractivity contribution < 1.29 is 29.4 Å². The van der Waals surface area contributed by atoms with E-state index in [2.05, 4.69) is 26.1 Å². The second-order valence-corrected chi connectivity index (χ2v) is 14.4. The summed E-state index contributed by atoms with van der Waals surface area (Å²) < 4.78 is 0. The first-order valence-electron chi connectivity index (χ1n) is 15.4. The normalized spacial score (nSPS) is 37.4. The highest BCUT2D eigenvalue weighted by Gasteiger charge is 2.78. The predicted molar refractivity (Wildman–Crippen MR) is 158 cm³/mol. The third-order valence-corrected chi connectivity index (χ3v) is 11.9. The van der Waals surface area contributed by atoms with E-state index in [0.717, 1.165) is 28.0 Å². The Morgan fingerprint density at radius 1 is 1.05 bits per heavy atom. The molecular weight excluding hydrogens is 546 g/mol. The van der Waals surface area contributed by atoms with Crippen LogP contribution in [0.3, 0.4) is 0 Å². The number of nitrogens with one attached hydrogen (secondary N) is 1. The van der Waals surface area contributed by atoms with Gasteiger partial charge in [0.2, 0.25) is 5.91 Å². The lowest BCUT2D eigenvalue weighted by atomic mass is 9.45. The molecule has 2 aliphatic heterocycles. The highest BCUT2D eigenvalue weighted by Crippen LogP contribution is 2.66. The molecule has 0 aromatic heterocycles. The van der Waals surface area contributed by atoms with Crippen LogP contribution >= 0.6 is 0 Å². The van der Waals surface area contributed by atoms with Crippen molar-refractivity contribution in [1.82, 2.24) is 15.3 Å². The number of hydrogen-bond donors (Lipinski definition) is 3. The van der Waals surface area contributed by atoms with Gasteiger partial charge in [0.05, 0.1) is 35.3 Å². The highest BCUT2D eigenvalue weighted by atomic mass is 16.7. The highest BCUT2D eigenvalue weighted by molar-refractivity contribution is 6.21. The number of nitrogens with zero attached hydrogens (tertiary/aromatic N) is 2. The average molecular weight is 588 g/mol. The average Bonchev–Trinajstić information content (AvgIpc) is 3.30. The summed E-state index contributed by atoms with van der Waals surface area (Å²) >= 11 is 0. The van der Waals surface area contributed by atoms with Gasteiger partial charge in [0.25, 0.3) is 11.8 Å². The summed E-state index contributed by atoms with van der Waals surface area (Å²) in [5.74, 6) is 0.742. The Morgan fingerprint density at radius 3 is 2.40 bits per heavy atom. The molecule has 2 aromatic rings. The fourth-order valence-electron chi connectivity index (χ4n) is 8.99. The molecule has 9 nitrogen and oxygen atoms in total. The number of aliphatic hydroxyl groups excluding tert-OH is 1. The molecule has 3 amide bonds. The molecule has 1 spiro atoms. The van der Waals surface area contributed by atoms with E-state index in [1.807, 2.05) is 30.3 Å². The zero-order chi connectivity index (χ0) is 30.6. The summed E-state index contributed by atoms with van der Waals surface area (Å²) in [6, 6.07) is 12.3. The lowest BCUT2D eigenvalue weighted by molar-refractivity contribution is -0.183. The van der Waals surface area contributed by atoms with Crippen molar-refractivity contribution in [3.05, 3.63) is 59.2 Å². The van der Waals surface area contributed by atoms with Crippen LogP contribution in [-0.2, 0) is 16.2 Å². The molecule has 228 valence electrons. The van der Waals surface area contributed by atoms with Gasteiger partial charge in [-0.2, -0.15) is 5.06 Å². The second-order valence-electron chi connectivity index (χ2n) is 14.4. The number of rotatable bonds is 6. The number of hydrogen-bond acceptors (Lipinski definition) is 7. The van der Waals surface area contributed by atoms with Crippen LogP contribution in [0.4, 0.5) is 0 Å². The van der Waals surface area contributed by atoms with Crippen molar-refractivity contribution in [3.8, 4) is 11.1 Å². The smallest absolute Gasteiger partial charge is 0.261 e. The molecule has 1 unspecified atom stereocenters. The largest absolute Gasteiger partial charge is 0.394 e. The third kappa shape index (κ3) is 4.01. The fourth-order valence-corrected chi connectivity index (χ4v) is 8.99. The van der Waals surface area contributed by atoms with Crippen molar-refractivity contribution in [1.29, 1.82) is 0 Å². The SMILES string of the molecule is C[C@@H]1[C@@H](NC(=O)[C@H]2N(Cc3cccc(-c4ccc5c(c4)C(=O)N(C)C5=O)c3)O[C@@H](CO)[C@]23CC3(C)O)C[C@H]2C[C@@H]1C2(C)C. The zero-order valence-corrected chi connectivity index (χ0v) is 25.5. The standard InChI is InChI=1S/C34H41N3O6/c1-18-25-13-22(32(25,2)3)14-26(18)35-29(39)28-34(17-33(34,4)42)27(16-38)43-37(28)15-19-7-6-8-20(11-19)21-9-10-23-24(12-21)31(41)36(5)30(23)40/h6-12,18,22,25-28,38,42H,13-17H2,1-5H3,(H,35,39)/t18-,22+,25-,26-,27-,28+,33?,34+/m0/s1. The summed E-state index contributed by atoms with van der Waals surface area (Å²) in [7, 11) is 1.48. The first-order chi connectivity index (χ1) is 20.3. The monoisotopic (exact) mass is 587 g/mol. The second kappa shape index (κ2) is 9.44. The maximum atomic E-state index is 14.1. The van der Waals surface area contributed by atoms with Gasteiger partial charge in [-0.25, -0.2) is 0 Å². The van der Waals surface area contributed by atoms with Crippen LogP contribution < -0.4 is 5.32 Å². The minimum absolute atomic E-state index is 0.0665. The van der Waals surface area contributed by atoms with Gasteiger partial charge in [-0.15, -0.1) is 0 Å². The van der Waals surface area contributed by atoms with Crippen LogP contribution in [-0.4, -0.2) is 75.3 Å². The number of aliphatic hydroxyl groups is 2. The van der Waals surface area contributed by atoms with E-state index >= 15 is 0 Å². The Hall–Kier alpha value is -3.11. The molecule has 0 radical (unpaired) electrons. The van der Waals surface area contributed by atoms with Crippen LogP contribution in [0.25, 0.3) is 11.1 Å². The van der Waals surface area contributed by atoms with E-state index in [9.17, 15) is 24.6 Å². The van der Waals surface area contributed by atoms with Crippen LogP contribution in [0.15, 0.2) is 42.5 Å². The van der Waals surface area contributed by atoms with Crippen molar-refractivity contribution in [2.45, 2.75) is 77.3 Å². The van der Waals surface area contributed by atoms with Crippen LogP contribution in [0, 0.1) is 28.6 Å². The molecule has 2 bridgehead atoms. The third-order valence-electron chi connectivity index (χ3n) is 11.9. The summed E-state index contributed by atoms with van der Waals surface area (Å²) in [5.41, 5.74) is 1.59. The van der Waals surface area contributed by atoms with Crippen LogP contribution in [0.5, 0.6) is 0 Å². The molecule has 4 saturated carbocycles. The van der Waals surface area contributed by atoms with Crippen molar-refractivity contribution in [3.63, 3.8) is 0 Å². The molecule has 2 heterocycles. The molecule has 2 aromatic carbocycles. The molecule has 4 aliphatic carbocycles. The number of fused-ring (bicyclic) bond motifs is 3. The summed E-state index contributed by atoms with van der Waals surface area (Å²) in [6.07, 6.45) is 1.83.